The van der Waals surface area contributed by atoms with Gasteiger partial charge in [0.2, 0.25) is 6.29 Å². The van der Waals surface area contributed by atoms with Crippen molar-refractivity contribution in [2.24, 2.45) is 15.9 Å². The van der Waals surface area contributed by atoms with Gasteiger partial charge in [0.05, 0.1) is 12.3 Å². The van der Waals surface area contributed by atoms with Crippen molar-refractivity contribution in [3.8, 4) is 0 Å². The molecule has 0 aromatic carbocycles. The third kappa shape index (κ3) is 5.56. The lowest BCUT2D eigenvalue weighted by Gasteiger charge is -2.34. The SMILES string of the molecule is Cc1cc(CC(CCCNCO)C2=CC(C(F)F)=NC3N=CNN23)c(C(F)(F)F)cn1. The van der Waals surface area contributed by atoms with Crippen molar-refractivity contribution in [2.75, 3.05) is 13.3 Å². The van der Waals surface area contributed by atoms with Crippen LogP contribution in [-0.2, 0) is 12.6 Å². The summed E-state index contributed by atoms with van der Waals surface area (Å²) < 4.78 is 67.5. The molecule has 0 aliphatic carbocycles. The van der Waals surface area contributed by atoms with Crippen molar-refractivity contribution in [1.29, 1.82) is 0 Å². The van der Waals surface area contributed by atoms with Gasteiger partial charge in [-0.2, -0.15) is 13.2 Å². The van der Waals surface area contributed by atoms with Gasteiger partial charge in [-0.05, 0) is 50.4 Å². The Bertz CT molecular complexity index is 870. The highest BCUT2D eigenvalue weighted by Crippen LogP contribution is 2.36. The number of rotatable bonds is 9. The Labute approximate surface area is 175 Å². The first kappa shape index (κ1) is 23.1. The monoisotopic (exact) mass is 446 g/mol. The Kier molecular flexibility index (Phi) is 7.21. The van der Waals surface area contributed by atoms with E-state index < -0.39 is 36.1 Å². The van der Waals surface area contributed by atoms with Gasteiger partial charge < -0.3 is 5.11 Å². The topological polar surface area (TPSA) is 85.1 Å². The fraction of sp³-hybridized carbons (Fsp3) is 0.526. The zero-order valence-electron chi connectivity index (χ0n) is 16.7. The first-order valence-electron chi connectivity index (χ1n) is 9.69. The smallest absolute Gasteiger partial charge is 0.381 e. The number of aromatic nitrogens is 1. The summed E-state index contributed by atoms with van der Waals surface area (Å²) >= 11 is 0. The first-order valence-corrected chi connectivity index (χ1v) is 9.69. The molecule has 0 amide bonds. The van der Waals surface area contributed by atoms with Crippen LogP contribution >= 0.6 is 0 Å². The van der Waals surface area contributed by atoms with Gasteiger partial charge in [-0.25, -0.2) is 23.8 Å². The lowest BCUT2D eigenvalue weighted by atomic mass is 9.88. The van der Waals surface area contributed by atoms with E-state index in [1.54, 1.807) is 6.92 Å². The summed E-state index contributed by atoms with van der Waals surface area (Å²) in [5.74, 6) is -0.538. The molecule has 0 saturated heterocycles. The Balaban J connectivity index is 1.96. The molecule has 3 N–H and O–H groups in total. The van der Waals surface area contributed by atoms with Gasteiger partial charge >= 0.3 is 6.18 Å². The number of hydrogen-bond acceptors (Lipinski definition) is 7. The number of alkyl halides is 5. The van der Waals surface area contributed by atoms with Crippen LogP contribution in [0.25, 0.3) is 0 Å². The second kappa shape index (κ2) is 9.69. The van der Waals surface area contributed by atoms with E-state index in [9.17, 15) is 22.0 Å². The minimum atomic E-state index is -4.59. The first-order chi connectivity index (χ1) is 14.7. The van der Waals surface area contributed by atoms with Crippen molar-refractivity contribution in [1.82, 2.24) is 20.7 Å². The Morgan fingerprint density at radius 1 is 1.32 bits per heavy atom. The van der Waals surface area contributed by atoms with Crippen LogP contribution in [0.5, 0.6) is 0 Å². The molecule has 31 heavy (non-hydrogen) atoms. The molecule has 12 heteroatoms. The van der Waals surface area contributed by atoms with E-state index in [0.29, 0.717) is 30.8 Å². The van der Waals surface area contributed by atoms with E-state index in [0.717, 1.165) is 6.20 Å². The van der Waals surface area contributed by atoms with E-state index in [4.69, 9.17) is 5.11 Å². The highest BCUT2D eigenvalue weighted by atomic mass is 19.4. The molecule has 1 aromatic heterocycles. The van der Waals surface area contributed by atoms with Crippen molar-refractivity contribution in [3.05, 3.63) is 40.9 Å². The molecule has 0 fully saturated rings. The fourth-order valence-electron chi connectivity index (χ4n) is 3.63. The molecular formula is C19H23F5N6O. The molecule has 2 atom stereocenters. The standard InChI is InChI=1S/C19H23F5N6O/c1-11-5-13(14(8-26-11)19(22,23)24)6-12(3-2-4-25-10-31)16-7-15(17(20)21)29-18-27-9-28-30(16)18/h5,7-9,12,17-18,25,31H,2-4,6,10H2,1H3,(H,27,28). The molecule has 170 valence electrons. The molecule has 1 aromatic rings. The molecule has 0 saturated carbocycles. The average molecular weight is 446 g/mol. The summed E-state index contributed by atoms with van der Waals surface area (Å²) in [6.45, 7) is 1.78. The predicted molar refractivity (Wildman–Crippen MR) is 104 cm³/mol. The van der Waals surface area contributed by atoms with E-state index in [2.05, 4.69) is 25.7 Å². The van der Waals surface area contributed by atoms with Crippen molar-refractivity contribution >= 4 is 12.1 Å². The summed E-state index contributed by atoms with van der Waals surface area (Å²) in [5, 5.41) is 13.1. The third-order valence-corrected chi connectivity index (χ3v) is 5.03. The van der Waals surface area contributed by atoms with Crippen LogP contribution < -0.4 is 10.7 Å². The van der Waals surface area contributed by atoms with Gasteiger partial charge in [-0.3, -0.25) is 15.7 Å². The lowest BCUT2D eigenvalue weighted by Crippen LogP contribution is -2.43. The van der Waals surface area contributed by atoms with Crippen LogP contribution in [-0.4, -0.2) is 53.1 Å². The maximum Gasteiger partial charge on any atom is 0.418 e. The number of pyridine rings is 1. The molecule has 3 heterocycles. The molecule has 3 rings (SSSR count). The van der Waals surface area contributed by atoms with Gasteiger partial charge in [0, 0.05) is 23.5 Å². The summed E-state index contributed by atoms with van der Waals surface area (Å²) in [7, 11) is 0. The largest absolute Gasteiger partial charge is 0.418 e. The maximum absolute atomic E-state index is 13.6. The second-order valence-corrected chi connectivity index (χ2v) is 7.23. The molecule has 0 radical (unpaired) electrons. The van der Waals surface area contributed by atoms with Gasteiger partial charge in [0.15, 0.2) is 0 Å². The number of halogens is 5. The number of hydrogen-bond donors (Lipinski definition) is 3. The number of aliphatic hydroxyl groups is 1. The van der Waals surface area contributed by atoms with E-state index in [-0.39, 0.29) is 18.7 Å². The molecule has 2 aliphatic rings. The molecular weight excluding hydrogens is 423 g/mol. The number of fused-ring (bicyclic) bond motifs is 1. The normalized spacial score (nSPS) is 19.2. The number of nitrogens with zero attached hydrogens (tertiary/aromatic N) is 4. The van der Waals surface area contributed by atoms with Gasteiger partial charge in [-0.1, -0.05) is 0 Å². The Morgan fingerprint density at radius 3 is 2.77 bits per heavy atom. The van der Waals surface area contributed by atoms with Crippen LogP contribution in [0.15, 0.2) is 34.0 Å². The van der Waals surface area contributed by atoms with Crippen molar-refractivity contribution < 1.29 is 27.1 Å². The third-order valence-electron chi connectivity index (χ3n) is 5.03. The Morgan fingerprint density at radius 2 is 2.10 bits per heavy atom. The number of hydrazine groups is 1. The van der Waals surface area contributed by atoms with Crippen molar-refractivity contribution in [2.45, 2.75) is 45.1 Å². The number of aliphatic imine (C=N–C) groups is 2. The Hall–Kier alpha value is -2.60. The maximum atomic E-state index is 13.6. The summed E-state index contributed by atoms with van der Waals surface area (Å²) in [6, 6.07) is 1.37. The number of aryl methyl sites for hydroxylation is 1. The van der Waals surface area contributed by atoms with Crippen LogP contribution in [0.2, 0.25) is 0 Å². The summed E-state index contributed by atoms with van der Waals surface area (Å²) in [4.78, 5) is 11.7. The van der Waals surface area contributed by atoms with Gasteiger partial charge in [-0.15, -0.1) is 0 Å². The summed E-state index contributed by atoms with van der Waals surface area (Å²) in [6.07, 6.45) is -4.16. The van der Waals surface area contributed by atoms with Crippen LogP contribution in [0, 0.1) is 12.8 Å². The molecule has 2 aliphatic heterocycles. The number of nitrogens with one attached hydrogen (secondary N) is 2. The number of allylic oxidation sites excluding steroid dienone is 2. The van der Waals surface area contributed by atoms with Crippen LogP contribution in [0.4, 0.5) is 22.0 Å². The zero-order chi connectivity index (χ0) is 22.6. The van der Waals surface area contributed by atoms with E-state index in [1.165, 1.54) is 23.5 Å². The van der Waals surface area contributed by atoms with E-state index in [1.807, 2.05) is 0 Å². The highest BCUT2D eigenvalue weighted by molar-refractivity contribution is 5.99. The molecule has 0 spiro atoms. The molecule has 7 nitrogen and oxygen atoms in total. The van der Waals surface area contributed by atoms with E-state index >= 15 is 0 Å². The minimum absolute atomic E-state index is 0.0371. The second-order valence-electron chi connectivity index (χ2n) is 7.23. The van der Waals surface area contributed by atoms with Crippen molar-refractivity contribution in [3.63, 3.8) is 0 Å². The number of aliphatic hydroxyl groups excluding tert-OH is 1. The predicted octanol–water partition coefficient (Wildman–Crippen LogP) is 2.62. The fourth-order valence-corrected chi connectivity index (χ4v) is 3.63. The molecule has 0 bridgehead atoms. The summed E-state index contributed by atoms with van der Waals surface area (Å²) in [5.41, 5.74) is 2.37. The zero-order valence-corrected chi connectivity index (χ0v) is 16.7. The van der Waals surface area contributed by atoms with Crippen LogP contribution in [0.3, 0.4) is 0 Å². The van der Waals surface area contributed by atoms with Crippen LogP contribution in [0.1, 0.15) is 29.7 Å². The average Bonchev–Trinajstić information content (AvgIpc) is 3.17. The van der Waals surface area contributed by atoms with Gasteiger partial charge in [0.25, 0.3) is 6.43 Å². The molecule has 2 unspecified atom stereocenters. The highest BCUT2D eigenvalue weighted by Gasteiger charge is 2.37. The quantitative estimate of drug-likeness (QED) is 0.309. The van der Waals surface area contributed by atoms with Gasteiger partial charge in [0.1, 0.15) is 12.1 Å². The minimum Gasteiger partial charge on any atom is -0.381 e. The lowest BCUT2D eigenvalue weighted by molar-refractivity contribution is -0.138.